The lowest BCUT2D eigenvalue weighted by atomic mass is 10.1. The highest BCUT2D eigenvalue weighted by Crippen LogP contribution is 2.15. The molecule has 84 valence electrons. The monoisotopic (exact) mass is 218 g/mol. The highest BCUT2D eigenvalue weighted by Gasteiger charge is 2.25. The van der Waals surface area contributed by atoms with Gasteiger partial charge in [-0.15, -0.1) is 0 Å². The molecule has 1 aromatic rings. The molecule has 0 aliphatic carbocycles. The predicted molar refractivity (Wildman–Crippen MR) is 61.2 cm³/mol. The van der Waals surface area contributed by atoms with E-state index in [-0.39, 0.29) is 11.9 Å². The van der Waals surface area contributed by atoms with Gasteiger partial charge in [0, 0.05) is 24.7 Å². The highest BCUT2D eigenvalue weighted by molar-refractivity contribution is 5.89. The molecule has 0 radical (unpaired) electrons. The Kier molecular flexibility index (Phi) is 3.19. The van der Waals surface area contributed by atoms with Crippen LogP contribution >= 0.6 is 0 Å². The molecule has 4 nitrogen and oxygen atoms in total. The molecule has 1 aliphatic heterocycles. The van der Waals surface area contributed by atoms with Crippen LogP contribution in [-0.2, 0) is 4.79 Å². The summed E-state index contributed by atoms with van der Waals surface area (Å²) in [6.07, 6.45) is 1.70. The first kappa shape index (κ1) is 10.7. The molecule has 4 heteroatoms. The third-order valence-electron chi connectivity index (χ3n) is 2.73. The second-order valence-electron chi connectivity index (χ2n) is 3.93. The lowest BCUT2D eigenvalue weighted by Gasteiger charge is -2.16. The van der Waals surface area contributed by atoms with Gasteiger partial charge in [0.1, 0.15) is 6.29 Å². The minimum atomic E-state index is -0.129. The van der Waals surface area contributed by atoms with Crippen molar-refractivity contribution < 1.29 is 9.59 Å². The smallest absolute Gasteiger partial charge is 0.321 e. The zero-order chi connectivity index (χ0) is 11.4. The maximum Gasteiger partial charge on any atom is 0.321 e. The van der Waals surface area contributed by atoms with E-state index in [9.17, 15) is 9.59 Å². The lowest BCUT2D eigenvalue weighted by molar-refractivity contribution is -0.110. The van der Waals surface area contributed by atoms with Gasteiger partial charge in [-0.3, -0.25) is 0 Å². The molecule has 0 aromatic heterocycles. The fourth-order valence-electron chi connectivity index (χ4n) is 1.81. The van der Waals surface area contributed by atoms with Crippen LogP contribution in [0.2, 0.25) is 0 Å². The first-order chi connectivity index (χ1) is 7.79. The number of para-hydroxylation sites is 1. The van der Waals surface area contributed by atoms with E-state index in [2.05, 4.69) is 5.32 Å². The summed E-state index contributed by atoms with van der Waals surface area (Å²) in [5.74, 6) is 0.00141. The van der Waals surface area contributed by atoms with E-state index < -0.39 is 0 Å². The number of aldehydes is 1. The third kappa shape index (κ3) is 2.39. The number of nitrogens with one attached hydrogen (secondary N) is 1. The Morgan fingerprint density at radius 1 is 1.38 bits per heavy atom. The van der Waals surface area contributed by atoms with Crippen LogP contribution in [0.25, 0.3) is 0 Å². The minimum Gasteiger partial charge on any atom is -0.324 e. The Hall–Kier alpha value is -1.84. The molecule has 0 bridgehead atoms. The van der Waals surface area contributed by atoms with Crippen LogP contribution in [0.4, 0.5) is 10.5 Å². The van der Waals surface area contributed by atoms with Crippen LogP contribution in [0.3, 0.4) is 0 Å². The fourth-order valence-corrected chi connectivity index (χ4v) is 1.81. The Bertz CT molecular complexity index is 378. The maximum atomic E-state index is 11.8. The largest absolute Gasteiger partial charge is 0.324 e. The molecule has 0 spiro atoms. The van der Waals surface area contributed by atoms with Crippen LogP contribution in [0.5, 0.6) is 0 Å². The molecule has 1 heterocycles. The minimum absolute atomic E-state index is 0.00141. The molecular formula is C12H14N2O2. The first-order valence-electron chi connectivity index (χ1n) is 5.36. The van der Waals surface area contributed by atoms with E-state index >= 15 is 0 Å². The molecule has 1 aromatic carbocycles. The number of benzene rings is 1. The maximum absolute atomic E-state index is 11.8. The van der Waals surface area contributed by atoms with E-state index in [1.165, 1.54) is 0 Å². The van der Waals surface area contributed by atoms with Crippen LogP contribution < -0.4 is 5.32 Å². The topological polar surface area (TPSA) is 49.4 Å². The lowest BCUT2D eigenvalue weighted by Crippen LogP contribution is -2.33. The number of hydrogen-bond acceptors (Lipinski definition) is 2. The standard InChI is InChI=1S/C12H14N2O2/c15-9-10-6-7-14(8-10)12(16)13-11-4-2-1-3-5-11/h1-5,9-10H,6-8H2,(H,13,16)/t10-/m0/s1. The number of carbonyl (C=O) groups is 2. The third-order valence-corrected chi connectivity index (χ3v) is 2.73. The zero-order valence-electron chi connectivity index (χ0n) is 8.93. The van der Waals surface area contributed by atoms with Gasteiger partial charge in [-0.25, -0.2) is 4.79 Å². The second kappa shape index (κ2) is 4.79. The first-order valence-corrected chi connectivity index (χ1v) is 5.36. The van der Waals surface area contributed by atoms with Gasteiger partial charge >= 0.3 is 6.03 Å². The highest BCUT2D eigenvalue weighted by atomic mass is 16.2. The molecule has 2 rings (SSSR count). The summed E-state index contributed by atoms with van der Waals surface area (Å²) in [6.45, 7) is 1.18. The van der Waals surface area contributed by atoms with Gasteiger partial charge < -0.3 is 15.0 Å². The second-order valence-corrected chi connectivity index (χ2v) is 3.93. The molecule has 16 heavy (non-hydrogen) atoms. The van der Waals surface area contributed by atoms with Gasteiger partial charge in [-0.05, 0) is 18.6 Å². The predicted octanol–water partition coefficient (Wildman–Crippen LogP) is 1.74. The molecule has 0 saturated carbocycles. The molecule has 0 unspecified atom stereocenters. The summed E-state index contributed by atoms with van der Waals surface area (Å²) >= 11 is 0. The van der Waals surface area contributed by atoms with Crippen LogP contribution in [-0.4, -0.2) is 30.3 Å². The Morgan fingerprint density at radius 2 is 2.12 bits per heavy atom. The zero-order valence-corrected chi connectivity index (χ0v) is 8.93. The Morgan fingerprint density at radius 3 is 2.75 bits per heavy atom. The van der Waals surface area contributed by atoms with Crippen molar-refractivity contribution in [1.29, 1.82) is 0 Å². The average molecular weight is 218 g/mol. The summed E-state index contributed by atoms with van der Waals surface area (Å²) in [5.41, 5.74) is 0.780. The molecule has 1 fully saturated rings. The van der Waals surface area contributed by atoms with Crippen molar-refractivity contribution in [2.75, 3.05) is 18.4 Å². The summed E-state index contributed by atoms with van der Waals surface area (Å²) in [6, 6.07) is 9.18. The molecule has 1 N–H and O–H groups in total. The molecule has 1 saturated heterocycles. The van der Waals surface area contributed by atoms with Crippen LogP contribution in [0.15, 0.2) is 30.3 Å². The van der Waals surface area contributed by atoms with Crippen molar-refractivity contribution in [2.45, 2.75) is 6.42 Å². The van der Waals surface area contributed by atoms with Crippen molar-refractivity contribution in [2.24, 2.45) is 5.92 Å². The van der Waals surface area contributed by atoms with E-state index in [4.69, 9.17) is 0 Å². The molecular weight excluding hydrogens is 204 g/mol. The van der Waals surface area contributed by atoms with Gasteiger partial charge in [0.25, 0.3) is 0 Å². The number of nitrogens with zero attached hydrogens (tertiary/aromatic N) is 1. The summed E-state index contributed by atoms with van der Waals surface area (Å²) in [5, 5.41) is 2.80. The van der Waals surface area contributed by atoms with Gasteiger partial charge in [-0.1, -0.05) is 18.2 Å². The summed E-state index contributed by atoms with van der Waals surface area (Å²) in [4.78, 5) is 24.0. The molecule has 1 aliphatic rings. The van der Waals surface area contributed by atoms with Crippen molar-refractivity contribution in [3.8, 4) is 0 Å². The van der Waals surface area contributed by atoms with Crippen molar-refractivity contribution in [1.82, 2.24) is 4.90 Å². The van der Waals surface area contributed by atoms with Gasteiger partial charge in [0.05, 0.1) is 0 Å². The summed E-state index contributed by atoms with van der Waals surface area (Å²) < 4.78 is 0. The average Bonchev–Trinajstić information content (AvgIpc) is 2.79. The Balaban J connectivity index is 1.92. The fraction of sp³-hybridized carbons (Fsp3) is 0.333. The summed E-state index contributed by atoms with van der Waals surface area (Å²) in [7, 11) is 0. The normalized spacial score (nSPS) is 19.5. The van der Waals surface area contributed by atoms with Crippen molar-refractivity contribution >= 4 is 18.0 Å². The number of anilines is 1. The number of urea groups is 1. The molecule has 1 atom stereocenters. The quantitative estimate of drug-likeness (QED) is 0.769. The van der Waals surface area contributed by atoms with Gasteiger partial charge in [0.15, 0.2) is 0 Å². The van der Waals surface area contributed by atoms with Gasteiger partial charge in [-0.2, -0.15) is 0 Å². The van der Waals surface area contributed by atoms with E-state index in [0.717, 1.165) is 18.4 Å². The SMILES string of the molecule is O=C[C@H]1CCN(C(=O)Nc2ccccc2)C1. The Labute approximate surface area is 94.2 Å². The van der Waals surface area contributed by atoms with Crippen LogP contribution in [0, 0.1) is 5.92 Å². The number of rotatable bonds is 2. The number of carbonyl (C=O) groups excluding carboxylic acids is 2. The van der Waals surface area contributed by atoms with E-state index in [1.807, 2.05) is 30.3 Å². The number of hydrogen-bond donors (Lipinski definition) is 1. The van der Waals surface area contributed by atoms with E-state index in [0.29, 0.717) is 13.1 Å². The van der Waals surface area contributed by atoms with Crippen molar-refractivity contribution in [3.63, 3.8) is 0 Å². The molecule has 2 amide bonds. The van der Waals surface area contributed by atoms with Crippen molar-refractivity contribution in [3.05, 3.63) is 30.3 Å². The number of amides is 2. The van der Waals surface area contributed by atoms with E-state index in [1.54, 1.807) is 4.90 Å². The number of likely N-dealkylation sites (tertiary alicyclic amines) is 1. The van der Waals surface area contributed by atoms with Crippen LogP contribution in [0.1, 0.15) is 6.42 Å². The van der Waals surface area contributed by atoms with Gasteiger partial charge in [0.2, 0.25) is 0 Å².